The van der Waals surface area contributed by atoms with Crippen LogP contribution in [0.3, 0.4) is 0 Å². The number of alkyl halides is 3. The predicted molar refractivity (Wildman–Crippen MR) is 117 cm³/mol. The Morgan fingerprint density at radius 1 is 1.31 bits per heavy atom. The van der Waals surface area contributed by atoms with Crippen molar-refractivity contribution in [1.29, 1.82) is 0 Å². The number of hydrogen-bond acceptors (Lipinski definition) is 6. The van der Waals surface area contributed by atoms with Crippen molar-refractivity contribution in [3.63, 3.8) is 0 Å². The lowest BCUT2D eigenvalue weighted by atomic mass is 10.1. The highest BCUT2D eigenvalue weighted by Crippen LogP contribution is 2.28. The summed E-state index contributed by atoms with van der Waals surface area (Å²) in [7, 11) is 0. The maximum Gasteiger partial charge on any atom is 0.487 e. The molecule has 0 aliphatic rings. The molecule has 0 saturated carbocycles. The zero-order valence-electron chi connectivity index (χ0n) is 17.1. The smallest absolute Gasteiger partial charge is 0.420 e. The number of anilines is 2. The molecule has 1 atom stereocenters. The Hall–Kier alpha value is -3.24. The molecule has 32 heavy (non-hydrogen) atoms. The highest BCUT2D eigenvalue weighted by molar-refractivity contribution is 6.20. The van der Waals surface area contributed by atoms with Gasteiger partial charge in [-0.25, -0.2) is 4.98 Å². The van der Waals surface area contributed by atoms with Crippen LogP contribution in [0.5, 0.6) is 5.75 Å². The van der Waals surface area contributed by atoms with E-state index in [0.717, 1.165) is 6.42 Å². The largest absolute Gasteiger partial charge is 0.487 e. The molecule has 2 aromatic heterocycles. The van der Waals surface area contributed by atoms with Gasteiger partial charge in [-0.05, 0) is 42.8 Å². The first-order valence-corrected chi connectivity index (χ1v) is 10.2. The standard InChI is InChI=1S/C21H22ClF2N5O3/c1-2-3-15(30)12-26-19-17(18-8-9-27-29-18)10-13(11-25-19)20(31)28-14-4-6-16(7-5-14)32-21(22,23)24/h4-11,15,30H,2-3,12H2,1H3,(H,25,26)(H,27,29)(H,28,31)/t15-/m0/s1. The zero-order valence-corrected chi connectivity index (χ0v) is 17.9. The van der Waals surface area contributed by atoms with E-state index in [1.807, 2.05) is 6.92 Å². The lowest BCUT2D eigenvalue weighted by molar-refractivity contribution is -0.0964. The summed E-state index contributed by atoms with van der Waals surface area (Å²) in [4.78, 5) is 17.0. The van der Waals surface area contributed by atoms with Crippen molar-refractivity contribution in [2.24, 2.45) is 0 Å². The highest BCUT2D eigenvalue weighted by atomic mass is 35.5. The van der Waals surface area contributed by atoms with Crippen LogP contribution in [0.25, 0.3) is 11.3 Å². The van der Waals surface area contributed by atoms with Gasteiger partial charge in [-0.3, -0.25) is 9.89 Å². The van der Waals surface area contributed by atoms with Crippen molar-refractivity contribution in [2.45, 2.75) is 31.4 Å². The number of ether oxygens (including phenoxy) is 1. The fourth-order valence-electron chi connectivity index (χ4n) is 2.93. The molecule has 0 saturated heterocycles. The molecular weight excluding hydrogens is 444 g/mol. The molecular formula is C21H22ClF2N5O3. The minimum absolute atomic E-state index is 0.146. The maximum atomic E-state index is 12.7. The van der Waals surface area contributed by atoms with E-state index in [1.54, 1.807) is 18.3 Å². The van der Waals surface area contributed by atoms with E-state index in [-0.39, 0.29) is 11.3 Å². The SMILES string of the molecule is CCC[C@H](O)CNc1ncc(C(=O)Nc2ccc(OC(F)(F)Cl)cc2)cc1-c1ccn[nH]1. The number of carbonyl (C=O) groups excluding carboxylic acids is 1. The molecule has 0 fully saturated rings. The summed E-state index contributed by atoms with van der Waals surface area (Å²) in [6, 6.07) is 8.70. The number of carbonyl (C=O) groups is 1. The second kappa shape index (κ2) is 10.4. The molecule has 4 N–H and O–H groups in total. The lowest BCUT2D eigenvalue weighted by Gasteiger charge is -2.15. The number of hydrogen-bond donors (Lipinski definition) is 4. The Balaban J connectivity index is 1.75. The number of aromatic amines is 1. The molecule has 0 unspecified atom stereocenters. The fourth-order valence-corrected chi connectivity index (χ4v) is 3.02. The molecule has 0 radical (unpaired) electrons. The number of aromatic nitrogens is 3. The van der Waals surface area contributed by atoms with Crippen molar-refractivity contribution in [3.05, 3.63) is 54.4 Å². The van der Waals surface area contributed by atoms with E-state index in [0.29, 0.717) is 35.7 Å². The monoisotopic (exact) mass is 465 g/mol. The maximum absolute atomic E-state index is 12.7. The molecule has 0 spiro atoms. The second-order valence-corrected chi connectivity index (χ2v) is 7.38. The van der Waals surface area contributed by atoms with Crippen LogP contribution < -0.4 is 15.4 Å². The number of rotatable bonds is 10. The molecule has 0 bridgehead atoms. The third-order valence-electron chi connectivity index (χ3n) is 4.41. The summed E-state index contributed by atoms with van der Waals surface area (Å²) >= 11 is 4.74. The third kappa shape index (κ3) is 6.63. The summed E-state index contributed by atoms with van der Waals surface area (Å²) in [6.45, 7) is 2.29. The summed E-state index contributed by atoms with van der Waals surface area (Å²) in [5.41, 5.74) is -1.94. The first-order valence-electron chi connectivity index (χ1n) is 9.84. The van der Waals surface area contributed by atoms with Gasteiger partial charge in [0, 0.05) is 41.8 Å². The van der Waals surface area contributed by atoms with Gasteiger partial charge in [0.15, 0.2) is 0 Å². The average Bonchev–Trinajstić information content (AvgIpc) is 3.27. The molecule has 0 aliphatic carbocycles. The third-order valence-corrected chi connectivity index (χ3v) is 4.49. The van der Waals surface area contributed by atoms with Crippen LogP contribution in [0, 0.1) is 0 Å². The fraction of sp³-hybridized carbons (Fsp3) is 0.286. The molecule has 11 heteroatoms. The zero-order chi connectivity index (χ0) is 23.1. The minimum Gasteiger partial charge on any atom is -0.420 e. The normalized spacial score (nSPS) is 12.3. The van der Waals surface area contributed by atoms with Gasteiger partial charge in [0.25, 0.3) is 5.91 Å². The Morgan fingerprint density at radius 2 is 2.06 bits per heavy atom. The number of benzene rings is 1. The second-order valence-electron chi connectivity index (χ2n) is 6.94. The number of pyridine rings is 1. The summed E-state index contributed by atoms with van der Waals surface area (Å²) in [6.07, 6.45) is 3.95. The number of H-pyrrole nitrogens is 1. The van der Waals surface area contributed by atoms with Crippen LogP contribution in [-0.4, -0.2) is 44.4 Å². The molecule has 8 nitrogen and oxygen atoms in total. The number of aliphatic hydroxyl groups excluding tert-OH is 1. The lowest BCUT2D eigenvalue weighted by Crippen LogP contribution is -2.20. The van der Waals surface area contributed by atoms with Crippen LogP contribution in [-0.2, 0) is 0 Å². The minimum atomic E-state index is -3.82. The van der Waals surface area contributed by atoms with E-state index in [9.17, 15) is 18.7 Å². The van der Waals surface area contributed by atoms with Gasteiger partial charge in [0.05, 0.1) is 17.4 Å². The van der Waals surface area contributed by atoms with Crippen molar-refractivity contribution < 1.29 is 23.4 Å². The summed E-state index contributed by atoms with van der Waals surface area (Å²) < 4.78 is 29.7. The van der Waals surface area contributed by atoms with E-state index in [4.69, 9.17) is 11.6 Å². The van der Waals surface area contributed by atoms with Crippen LogP contribution in [0.1, 0.15) is 30.1 Å². The Kier molecular flexibility index (Phi) is 7.60. The molecule has 3 rings (SSSR count). The van der Waals surface area contributed by atoms with Gasteiger partial charge < -0.3 is 20.5 Å². The van der Waals surface area contributed by atoms with E-state index in [2.05, 4.69) is 30.6 Å². The van der Waals surface area contributed by atoms with Gasteiger partial charge in [-0.1, -0.05) is 13.3 Å². The first kappa shape index (κ1) is 23.4. The van der Waals surface area contributed by atoms with Crippen LogP contribution in [0.2, 0.25) is 0 Å². The molecule has 0 aliphatic heterocycles. The van der Waals surface area contributed by atoms with E-state index >= 15 is 0 Å². The number of nitrogens with zero attached hydrogens (tertiary/aromatic N) is 2. The van der Waals surface area contributed by atoms with Crippen molar-refractivity contribution in [1.82, 2.24) is 15.2 Å². The number of amides is 1. The predicted octanol–water partition coefficient (Wildman–Crippen LogP) is 4.46. The average molecular weight is 466 g/mol. The summed E-state index contributed by atoms with van der Waals surface area (Å²) in [5, 5.41) is 22.5. The van der Waals surface area contributed by atoms with E-state index < -0.39 is 17.6 Å². The molecule has 170 valence electrons. The summed E-state index contributed by atoms with van der Waals surface area (Å²) in [5.74, 6) is -0.108. The van der Waals surface area contributed by atoms with Gasteiger partial charge >= 0.3 is 5.57 Å². The van der Waals surface area contributed by atoms with Crippen molar-refractivity contribution in [3.8, 4) is 17.0 Å². The molecule has 3 aromatic rings. The van der Waals surface area contributed by atoms with Crippen LogP contribution in [0.15, 0.2) is 48.8 Å². The Bertz CT molecular complexity index is 1030. The van der Waals surface area contributed by atoms with Gasteiger partial charge in [0.2, 0.25) is 0 Å². The van der Waals surface area contributed by atoms with Crippen LogP contribution >= 0.6 is 11.6 Å². The number of nitrogens with one attached hydrogen (secondary N) is 3. The van der Waals surface area contributed by atoms with Crippen molar-refractivity contribution in [2.75, 3.05) is 17.2 Å². The Labute approximate surface area is 188 Å². The topological polar surface area (TPSA) is 112 Å². The molecule has 2 heterocycles. The molecule has 1 aromatic carbocycles. The number of aliphatic hydroxyl groups is 1. The van der Waals surface area contributed by atoms with E-state index in [1.165, 1.54) is 30.5 Å². The highest BCUT2D eigenvalue weighted by Gasteiger charge is 2.27. The van der Waals surface area contributed by atoms with Gasteiger partial charge in [-0.15, -0.1) is 8.78 Å². The molecule has 1 amide bonds. The number of halogens is 3. The van der Waals surface area contributed by atoms with Crippen molar-refractivity contribution >= 4 is 29.0 Å². The Morgan fingerprint density at radius 3 is 2.69 bits per heavy atom. The quantitative estimate of drug-likeness (QED) is 0.329. The van der Waals surface area contributed by atoms with Gasteiger partial charge in [0.1, 0.15) is 11.6 Å². The van der Waals surface area contributed by atoms with Crippen LogP contribution in [0.4, 0.5) is 20.3 Å². The first-order chi connectivity index (χ1) is 15.2. The van der Waals surface area contributed by atoms with Gasteiger partial charge in [-0.2, -0.15) is 5.10 Å².